The summed E-state index contributed by atoms with van der Waals surface area (Å²) in [4.78, 5) is 14.9. The number of benzene rings is 5. The molecule has 0 aliphatic carbocycles. The number of nitrogens with zero attached hydrogens (tertiary/aromatic N) is 4. The first-order chi connectivity index (χ1) is 20.8. The highest BCUT2D eigenvalue weighted by Gasteiger charge is 2.21. The number of hydrogen-bond acceptors (Lipinski definition) is 4. The third kappa shape index (κ3) is 3.51. The number of pyridine rings is 1. The lowest BCUT2D eigenvalue weighted by atomic mass is 10.1. The molecule has 0 radical (unpaired) electrons. The maximum absolute atomic E-state index is 5.32. The molecule has 0 aliphatic heterocycles. The van der Waals surface area contributed by atoms with Gasteiger partial charge in [-0.3, -0.25) is 9.55 Å². The Balaban J connectivity index is 1.43. The Labute approximate surface area is 245 Å². The molecule has 5 heteroatoms. The van der Waals surface area contributed by atoms with Gasteiger partial charge in [-0.25, -0.2) is 9.97 Å². The Morgan fingerprint density at radius 1 is 0.548 bits per heavy atom. The highest BCUT2D eigenvalue weighted by molar-refractivity contribution is 7.26. The van der Waals surface area contributed by atoms with Crippen molar-refractivity contribution in [3.8, 4) is 28.3 Å². The highest BCUT2D eigenvalue weighted by atomic mass is 32.1. The molecule has 0 spiro atoms. The molecule has 4 nitrogen and oxygen atoms in total. The fourth-order valence-electron chi connectivity index (χ4n) is 6.09. The first-order valence-electron chi connectivity index (χ1n) is 13.9. The zero-order chi connectivity index (χ0) is 27.6. The van der Waals surface area contributed by atoms with E-state index < -0.39 is 0 Å². The van der Waals surface area contributed by atoms with Gasteiger partial charge in [0.2, 0.25) is 0 Å². The lowest BCUT2D eigenvalue weighted by Gasteiger charge is -2.11. The number of hydrogen-bond donors (Lipinski definition) is 0. The van der Waals surface area contributed by atoms with Crippen LogP contribution in [-0.4, -0.2) is 19.5 Å². The molecule has 0 saturated heterocycles. The quantitative estimate of drug-likeness (QED) is 0.218. The molecule has 5 aromatic carbocycles. The maximum atomic E-state index is 5.32. The average molecular weight is 555 g/mol. The maximum Gasteiger partial charge on any atom is 0.162 e. The largest absolute Gasteiger partial charge is 0.292 e. The summed E-state index contributed by atoms with van der Waals surface area (Å²) in [6.45, 7) is 0. The summed E-state index contributed by atoms with van der Waals surface area (Å²) in [5.74, 6) is 1.63. The lowest BCUT2D eigenvalue weighted by Crippen LogP contribution is -2.01. The van der Waals surface area contributed by atoms with Crippen molar-refractivity contribution in [2.45, 2.75) is 0 Å². The molecule has 0 amide bonds. The predicted octanol–water partition coefficient (Wildman–Crippen LogP) is 9.82. The first kappa shape index (κ1) is 23.3. The van der Waals surface area contributed by atoms with Crippen LogP contribution in [0.4, 0.5) is 0 Å². The molecule has 42 heavy (non-hydrogen) atoms. The summed E-state index contributed by atoms with van der Waals surface area (Å²) < 4.78 is 4.60. The molecule has 0 aliphatic rings. The molecule has 9 rings (SSSR count). The smallest absolute Gasteiger partial charge is 0.162 e. The summed E-state index contributed by atoms with van der Waals surface area (Å²) in [6.07, 6.45) is 3.72. The fraction of sp³-hybridized carbons (Fsp3) is 0. The van der Waals surface area contributed by atoms with Crippen molar-refractivity contribution >= 4 is 64.2 Å². The van der Waals surface area contributed by atoms with Gasteiger partial charge < -0.3 is 0 Å². The summed E-state index contributed by atoms with van der Waals surface area (Å²) >= 11 is 1.75. The van der Waals surface area contributed by atoms with Gasteiger partial charge in [0.1, 0.15) is 0 Å². The second-order valence-corrected chi connectivity index (χ2v) is 11.6. The number of rotatable bonds is 3. The molecule has 0 saturated carbocycles. The third-order valence-corrected chi connectivity index (χ3v) is 9.23. The zero-order valence-corrected chi connectivity index (χ0v) is 23.2. The van der Waals surface area contributed by atoms with Crippen LogP contribution in [0.15, 0.2) is 134 Å². The van der Waals surface area contributed by atoms with Crippen molar-refractivity contribution in [1.29, 1.82) is 0 Å². The van der Waals surface area contributed by atoms with Crippen LogP contribution < -0.4 is 0 Å². The molecule has 4 aromatic heterocycles. The van der Waals surface area contributed by atoms with Crippen LogP contribution in [-0.2, 0) is 0 Å². The van der Waals surface area contributed by atoms with Crippen molar-refractivity contribution in [3.05, 3.63) is 134 Å². The SMILES string of the molecule is c1ccc(-c2nc(-n3c4ccccc4c4cc5ccccc5cc43)c3sc4ccc(-c5cccnc5)cc4c3n2)cc1. The minimum Gasteiger partial charge on any atom is -0.292 e. The summed E-state index contributed by atoms with van der Waals surface area (Å²) in [5.41, 5.74) is 6.45. The second kappa shape index (κ2) is 9.06. The van der Waals surface area contributed by atoms with Gasteiger partial charge in [-0.15, -0.1) is 11.3 Å². The van der Waals surface area contributed by atoms with Gasteiger partial charge in [0, 0.05) is 44.4 Å². The topological polar surface area (TPSA) is 43.6 Å². The van der Waals surface area contributed by atoms with Crippen LogP contribution in [0.25, 0.3) is 81.2 Å². The molecular weight excluding hydrogens is 533 g/mol. The van der Waals surface area contributed by atoms with E-state index in [4.69, 9.17) is 9.97 Å². The molecule has 4 heterocycles. The molecule has 9 aromatic rings. The summed E-state index contributed by atoms with van der Waals surface area (Å²) in [7, 11) is 0. The number of para-hydroxylation sites is 1. The van der Waals surface area contributed by atoms with Crippen molar-refractivity contribution in [1.82, 2.24) is 19.5 Å². The molecule has 0 unspecified atom stereocenters. The number of thiophene rings is 1. The van der Waals surface area contributed by atoms with E-state index in [1.165, 1.54) is 26.2 Å². The second-order valence-electron chi connectivity index (χ2n) is 10.5. The number of fused-ring (bicyclic) bond motifs is 7. The highest BCUT2D eigenvalue weighted by Crippen LogP contribution is 2.42. The van der Waals surface area contributed by atoms with Crippen LogP contribution in [0, 0.1) is 0 Å². The van der Waals surface area contributed by atoms with E-state index in [0.717, 1.165) is 55.0 Å². The van der Waals surface area contributed by atoms with E-state index in [1.807, 2.05) is 36.7 Å². The van der Waals surface area contributed by atoms with E-state index >= 15 is 0 Å². The Morgan fingerprint density at radius 3 is 2.19 bits per heavy atom. The third-order valence-electron chi connectivity index (χ3n) is 8.07. The van der Waals surface area contributed by atoms with Gasteiger partial charge in [-0.05, 0) is 52.7 Å². The molecule has 0 fully saturated rings. The van der Waals surface area contributed by atoms with Crippen molar-refractivity contribution in [2.24, 2.45) is 0 Å². The van der Waals surface area contributed by atoms with Gasteiger partial charge in [-0.2, -0.15) is 0 Å². The lowest BCUT2D eigenvalue weighted by molar-refractivity contribution is 1.08. The molecule has 0 bridgehead atoms. The normalized spacial score (nSPS) is 11.8. The van der Waals surface area contributed by atoms with E-state index in [9.17, 15) is 0 Å². The molecule has 0 N–H and O–H groups in total. The zero-order valence-electron chi connectivity index (χ0n) is 22.4. The Hall–Kier alpha value is -5.39. The standard InChI is InChI=1S/C37H22N4S/c1-2-9-23(10-3-1)36-39-34-30-20-26(27-13-8-18-38-22-27)16-17-33(30)42-35(34)37(40-36)41-31-15-7-6-14-28(31)29-19-24-11-4-5-12-25(24)21-32(29)41/h1-22H. The van der Waals surface area contributed by atoms with Crippen LogP contribution in [0.3, 0.4) is 0 Å². The van der Waals surface area contributed by atoms with Crippen molar-refractivity contribution in [3.63, 3.8) is 0 Å². The van der Waals surface area contributed by atoms with E-state index in [1.54, 1.807) is 11.3 Å². The van der Waals surface area contributed by atoms with E-state index in [-0.39, 0.29) is 0 Å². The number of aromatic nitrogens is 4. The Bertz CT molecular complexity index is 2460. The minimum atomic E-state index is 0.719. The Morgan fingerprint density at radius 2 is 1.33 bits per heavy atom. The van der Waals surface area contributed by atoms with Crippen LogP contribution in [0.1, 0.15) is 0 Å². The predicted molar refractivity (Wildman–Crippen MR) is 175 cm³/mol. The van der Waals surface area contributed by atoms with Gasteiger partial charge >= 0.3 is 0 Å². The van der Waals surface area contributed by atoms with E-state index in [2.05, 4.69) is 107 Å². The summed E-state index contributed by atoms with van der Waals surface area (Å²) in [5, 5.41) is 6.00. The molecule has 0 atom stereocenters. The van der Waals surface area contributed by atoms with E-state index in [0.29, 0.717) is 0 Å². The summed E-state index contributed by atoms with van der Waals surface area (Å²) in [6, 6.07) is 42.8. The first-order valence-corrected chi connectivity index (χ1v) is 14.8. The van der Waals surface area contributed by atoms with Crippen LogP contribution in [0.2, 0.25) is 0 Å². The monoisotopic (exact) mass is 554 g/mol. The van der Waals surface area contributed by atoms with Crippen molar-refractivity contribution < 1.29 is 0 Å². The van der Waals surface area contributed by atoms with Crippen LogP contribution >= 0.6 is 11.3 Å². The Kier molecular flexibility index (Phi) is 5.03. The minimum absolute atomic E-state index is 0.719. The fourth-order valence-corrected chi connectivity index (χ4v) is 7.20. The van der Waals surface area contributed by atoms with Gasteiger partial charge in [0.05, 0.1) is 21.3 Å². The van der Waals surface area contributed by atoms with Gasteiger partial charge in [0.15, 0.2) is 11.6 Å². The van der Waals surface area contributed by atoms with Crippen LogP contribution in [0.5, 0.6) is 0 Å². The molecular formula is C37H22N4S. The van der Waals surface area contributed by atoms with Crippen molar-refractivity contribution in [2.75, 3.05) is 0 Å². The van der Waals surface area contributed by atoms with Gasteiger partial charge in [0.25, 0.3) is 0 Å². The van der Waals surface area contributed by atoms with Gasteiger partial charge in [-0.1, -0.05) is 84.9 Å². The average Bonchev–Trinajstić information content (AvgIpc) is 3.59. The molecule has 196 valence electrons.